The second-order valence-corrected chi connectivity index (χ2v) is 18.3. The highest BCUT2D eigenvalue weighted by Crippen LogP contribution is 2.41. The van der Waals surface area contributed by atoms with Gasteiger partial charge in [-0.2, -0.15) is 0 Å². The minimum atomic E-state index is -1.28. The highest BCUT2D eigenvalue weighted by atomic mass is 16.7. The number of cyclic esters (lactones) is 1. The molecule has 0 radical (unpaired) electrons. The monoisotopic (exact) mass is 866 g/mol. The maximum Gasteiger partial charge on any atom is 0.410 e. The molecule has 3 unspecified atom stereocenters. The van der Waals surface area contributed by atoms with Crippen LogP contribution in [0.2, 0.25) is 0 Å². The zero-order valence-electron chi connectivity index (χ0n) is 38.3. The number of anilines is 1. The average Bonchev–Trinajstić information content (AvgIpc) is 4.01. The Morgan fingerprint density at radius 3 is 2.45 bits per heavy atom. The molecule has 2 fully saturated rings. The summed E-state index contributed by atoms with van der Waals surface area (Å²) in [5.41, 5.74) is 6.41. The first-order chi connectivity index (χ1) is 29.3. The number of carboxylic acid groups (broad SMARTS) is 1. The Labute approximate surface area is 366 Å². The summed E-state index contributed by atoms with van der Waals surface area (Å²) in [5, 5.41) is 33.8. The van der Waals surface area contributed by atoms with E-state index in [1.54, 1.807) is 14.0 Å². The van der Waals surface area contributed by atoms with Gasteiger partial charge in [-0.3, -0.25) is 19.2 Å². The predicted molar refractivity (Wildman–Crippen MR) is 235 cm³/mol. The molecule has 1 amide bonds. The maximum atomic E-state index is 13.7. The number of carboxylic acids is 1. The number of ether oxygens (including phenoxy) is 4. The van der Waals surface area contributed by atoms with Gasteiger partial charge in [-0.1, -0.05) is 45.0 Å². The number of aliphatic carboxylic acids is 1. The molecule has 62 heavy (non-hydrogen) atoms. The number of nitrogen functional groups attached to an aromatic ring is 1. The van der Waals surface area contributed by atoms with Crippen LogP contribution in [-0.2, 0) is 35.1 Å². The number of hydrogen-bond donors (Lipinski definition) is 4. The molecule has 0 saturated carbocycles. The number of methoxy groups -OCH3 is 1. The van der Waals surface area contributed by atoms with E-state index in [0.29, 0.717) is 38.2 Å². The lowest BCUT2D eigenvalue weighted by atomic mass is 9.78. The molecule has 13 atom stereocenters. The van der Waals surface area contributed by atoms with E-state index in [0.717, 1.165) is 30.5 Å². The van der Waals surface area contributed by atoms with Crippen molar-refractivity contribution in [1.82, 2.24) is 29.8 Å². The SMILES string of the molecule is CC[C@@H](C)[C@@]1(C)OC(=O)N(CCCCn2cc(-c3cccc(N)c3)nn2)[C@@H]1[C@@H](C)NC[C@H](C)C[C@@](C)(OC)[C@H](O[C@@H]1OC(C)CC(n2cccc2)C1O)[C@@H](C)C(=O)[C@@H](C)C(=O)O. The van der Waals surface area contributed by atoms with E-state index in [9.17, 15) is 24.6 Å². The van der Waals surface area contributed by atoms with Crippen molar-refractivity contribution in [1.29, 1.82) is 0 Å². The normalized spacial score (nSPS) is 26.9. The third-order valence-electron chi connectivity index (χ3n) is 13.5. The van der Waals surface area contributed by atoms with Crippen LogP contribution < -0.4 is 11.1 Å². The van der Waals surface area contributed by atoms with Gasteiger partial charge in [-0.05, 0) is 109 Å². The van der Waals surface area contributed by atoms with E-state index in [4.69, 9.17) is 24.7 Å². The molecular weight excluding hydrogens is 795 g/mol. The Kier molecular flexibility index (Phi) is 16.4. The van der Waals surface area contributed by atoms with Crippen LogP contribution in [0.3, 0.4) is 0 Å². The Balaban J connectivity index is 1.28. The van der Waals surface area contributed by atoms with Gasteiger partial charge < -0.3 is 44.8 Å². The lowest BCUT2D eigenvalue weighted by Gasteiger charge is -2.46. The molecule has 2 aliphatic heterocycles. The first-order valence-corrected chi connectivity index (χ1v) is 22.3. The number of unbranched alkanes of at least 4 members (excludes halogenated alkanes) is 1. The van der Waals surface area contributed by atoms with Gasteiger partial charge in [0.2, 0.25) is 0 Å². The summed E-state index contributed by atoms with van der Waals surface area (Å²) in [5.74, 6) is -3.92. The smallest absolute Gasteiger partial charge is 0.410 e. The van der Waals surface area contributed by atoms with Gasteiger partial charge in [0.15, 0.2) is 12.1 Å². The van der Waals surface area contributed by atoms with Crippen molar-refractivity contribution in [2.75, 3.05) is 25.9 Å². The fraction of sp³-hybridized carbons (Fsp3) is 0.674. The largest absolute Gasteiger partial charge is 0.481 e. The second-order valence-electron chi connectivity index (χ2n) is 18.3. The summed E-state index contributed by atoms with van der Waals surface area (Å²) in [6, 6.07) is 10.5. The van der Waals surface area contributed by atoms with Crippen molar-refractivity contribution in [3.63, 3.8) is 0 Å². The number of rotatable bonds is 23. The number of nitrogens with one attached hydrogen (secondary N) is 1. The number of carbonyl (C=O) groups is 3. The number of benzene rings is 1. The minimum Gasteiger partial charge on any atom is -0.481 e. The fourth-order valence-electron chi connectivity index (χ4n) is 9.50. The molecule has 2 aromatic heterocycles. The number of aliphatic hydroxyl groups excluding tert-OH is 1. The molecule has 16 nitrogen and oxygen atoms in total. The van der Waals surface area contributed by atoms with E-state index >= 15 is 0 Å². The number of nitrogens with two attached hydrogens (primary N) is 1. The van der Waals surface area contributed by atoms with Crippen LogP contribution in [0.15, 0.2) is 55.0 Å². The highest BCUT2D eigenvalue weighted by Gasteiger charge is 2.55. The van der Waals surface area contributed by atoms with Crippen molar-refractivity contribution in [3.05, 3.63) is 55.0 Å². The quantitative estimate of drug-likeness (QED) is 0.0477. The van der Waals surface area contributed by atoms with Crippen molar-refractivity contribution in [2.45, 2.75) is 155 Å². The van der Waals surface area contributed by atoms with Crippen LogP contribution in [0.4, 0.5) is 10.5 Å². The number of carbonyl (C=O) groups excluding carboxylic acids is 2. The van der Waals surface area contributed by atoms with Crippen LogP contribution in [0, 0.1) is 23.7 Å². The fourth-order valence-corrected chi connectivity index (χ4v) is 9.50. The van der Waals surface area contributed by atoms with Crippen LogP contribution in [0.1, 0.15) is 100 Å². The van der Waals surface area contributed by atoms with Crippen molar-refractivity contribution in [3.8, 4) is 11.3 Å². The van der Waals surface area contributed by atoms with E-state index in [-0.39, 0.29) is 42.2 Å². The lowest BCUT2D eigenvalue weighted by molar-refractivity contribution is -0.294. The van der Waals surface area contributed by atoms with Gasteiger partial charge in [0, 0.05) is 55.8 Å². The van der Waals surface area contributed by atoms with E-state index < -0.39 is 53.3 Å². The number of ketones is 1. The molecule has 0 bridgehead atoms. The minimum absolute atomic E-state index is 0.0577. The van der Waals surface area contributed by atoms with Crippen LogP contribution in [0.5, 0.6) is 0 Å². The molecule has 5 rings (SSSR count). The van der Waals surface area contributed by atoms with E-state index in [2.05, 4.69) is 43.3 Å². The van der Waals surface area contributed by atoms with Gasteiger partial charge in [0.1, 0.15) is 23.3 Å². The van der Waals surface area contributed by atoms with Gasteiger partial charge in [-0.25, -0.2) is 4.79 Å². The first-order valence-electron chi connectivity index (χ1n) is 22.3. The van der Waals surface area contributed by atoms with Crippen molar-refractivity contribution < 1.29 is 43.5 Å². The molecule has 0 aliphatic carbocycles. The van der Waals surface area contributed by atoms with Gasteiger partial charge in [0.05, 0.1) is 36.1 Å². The third kappa shape index (κ3) is 11.0. The number of aromatic nitrogens is 4. The van der Waals surface area contributed by atoms with Crippen LogP contribution >= 0.6 is 0 Å². The number of Topliss-reactive ketones (excluding diaryl/α,β-unsaturated/α-hetero) is 1. The van der Waals surface area contributed by atoms with E-state index in [1.807, 2.05) is 89.9 Å². The first kappa shape index (κ1) is 48.7. The van der Waals surface area contributed by atoms with Crippen LogP contribution in [-0.4, -0.2) is 121 Å². The summed E-state index contributed by atoms with van der Waals surface area (Å²) in [6.07, 6.45) is 5.19. The summed E-state index contributed by atoms with van der Waals surface area (Å²) < 4.78 is 29.0. The summed E-state index contributed by atoms with van der Waals surface area (Å²) in [7, 11) is 1.55. The summed E-state index contributed by atoms with van der Waals surface area (Å²) in [6.45, 7) is 18.9. The third-order valence-corrected chi connectivity index (χ3v) is 13.5. The number of nitrogens with zero attached hydrogens (tertiary/aromatic N) is 5. The molecule has 0 spiro atoms. The number of aryl methyl sites for hydroxylation is 1. The average molecular weight is 866 g/mol. The molecule has 3 aromatic rings. The summed E-state index contributed by atoms with van der Waals surface area (Å²) in [4.78, 5) is 41.2. The molecule has 16 heteroatoms. The lowest BCUT2D eigenvalue weighted by Crippen LogP contribution is -2.58. The Morgan fingerprint density at radius 1 is 1.11 bits per heavy atom. The van der Waals surface area contributed by atoms with Crippen molar-refractivity contribution >= 4 is 23.5 Å². The molecular formula is C46H71N7O9. The van der Waals surface area contributed by atoms with Gasteiger partial charge in [-0.15, -0.1) is 5.10 Å². The standard InChI is InChI=1S/C46H71N7O9/c1-11-29(3)46(9)40(53(44(58)62-46)22-15-14-21-52-27-36(49-50-52)34-17-16-18-35(47)24-34)33(7)48-26-28(2)25-45(8,59-10)41(31(5)38(54)32(6)42(56)57)61-43-39(55)37(23-30(4)60-43)51-19-12-13-20-51/h12-13,16-20,24,27-33,37,39-41,43,48,55H,11,14-15,21-23,25-26,47H2,1-10H3,(H,56,57)/t28-,29-,30?,31+,32-,33-,37?,39?,40-,41-,43+,45-,46-/m1/s1. The predicted octanol–water partition coefficient (Wildman–Crippen LogP) is 6.19. The van der Waals surface area contributed by atoms with E-state index in [1.165, 1.54) is 6.92 Å². The zero-order chi connectivity index (χ0) is 45.5. The Hall–Kier alpha value is -4.35. The maximum absolute atomic E-state index is 13.7. The molecule has 4 heterocycles. The topological polar surface area (TPSA) is 206 Å². The molecule has 1 aromatic carbocycles. The Morgan fingerprint density at radius 2 is 1.81 bits per heavy atom. The summed E-state index contributed by atoms with van der Waals surface area (Å²) >= 11 is 0. The molecule has 2 aliphatic rings. The number of aliphatic hydroxyl groups is 1. The van der Waals surface area contributed by atoms with Crippen LogP contribution in [0.25, 0.3) is 11.3 Å². The molecule has 2 saturated heterocycles. The second kappa shape index (κ2) is 20.9. The number of amides is 1. The Bertz CT molecular complexity index is 1930. The molecule has 5 N–H and O–H groups in total. The zero-order valence-corrected chi connectivity index (χ0v) is 38.3. The highest BCUT2D eigenvalue weighted by molar-refractivity contribution is 5.99. The van der Waals surface area contributed by atoms with Crippen molar-refractivity contribution in [2.24, 2.45) is 23.7 Å². The number of hydrogen-bond acceptors (Lipinski definition) is 12. The van der Waals surface area contributed by atoms with Gasteiger partial charge in [0.25, 0.3) is 0 Å². The van der Waals surface area contributed by atoms with Gasteiger partial charge >= 0.3 is 12.1 Å². The molecule has 344 valence electrons.